The first-order valence-corrected chi connectivity index (χ1v) is 6.65. The summed E-state index contributed by atoms with van der Waals surface area (Å²) in [5.74, 6) is -0.964. The molecule has 0 spiro atoms. The molecule has 1 N–H and O–H groups in total. The van der Waals surface area contributed by atoms with Gasteiger partial charge in [0.15, 0.2) is 0 Å². The van der Waals surface area contributed by atoms with Gasteiger partial charge in [0.05, 0.1) is 7.11 Å². The van der Waals surface area contributed by atoms with Crippen molar-refractivity contribution in [3.8, 4) is 0 Å². The van der Waals surface area contributed by atoms with Gasteiger partial charge in [-0.05, 0) is 36.4 Å². The summed E-state index contributed by atoms with van der Waals surface area (Å²) in [4.78, 5) is 29.5. The van der Waals surface area contributed by atoms with Crippen LogP contribution < -0.4 is 10.2 Å². The van der Waals surface area contributed by atoms with Crippen LogP contribution >= 0.6 is 0 Å². The molecule has 0 unspecified atom stereocenters. The van der Waals surface area contributed by atoms with E-state index in [0.29, 0.717) is 5.69 Å². The number of rotatable bonds is 4. The molecule has 0 bridgehead atoms. The molecule has 1 aromatic carbocycles. The standard InChI is InChI=1S/C16H17N3O3/c1-19(2)12-9-7-11(8-10-12)17-15(20)13-5-4-6-14(18-13)16(21)22-3/h4-10H,1-3H3,(H,17,20). The highest BCUT2D eigenvalue weighted by Gasteiger charge is 2.12. The van der Waals surface area contributed by atoms with Gasteiger partial charge in [-0.15, -0.1) is 0 Å². The molecule has 0 saturated heterocycles. The molecule has 1 heterocycles. The summed E-state index contributed by atoms with van der Waals surface area (Å²) in [6.07, 6.45) is 0. The maximum atomic E-state index is 12.2. The minimum atomic E-state index is -0.579. The summed E-state index contributed by atoms with van der Waals surface area (Å²) >= 11 is 0. The second-order valence-electron chi connectivity index (χ2n) is 4.80. The van der Waals surface area contributed by atoms with Crippen molar-refractivity contribution in [2.75, 3.05) is 31.4 Å². The van der Waals surface area contributed by atoms with E-state index in [2.05, 4.69) is 15.0 Å². The number of ether oxygens (including phenoxy) is 1. The van der Waals surface area contributed by atoms with Crippen LogP contribution in [0.5, 0.6) is 0 Å². The van der Waals surface area contributed by atoms with Crippen molar-refractivity contribution in [2.45, 2.75) is 0 Å². The van der Waals surface area contributed by atoms with Gasteiger partial charge in [0.2, 0.25) is 0 Å². The molecule has 0 atom stereocenters. The third-order valence-corrected chi connectivity index (χ3v) is 3.02. The number of amides is 1. The van der Waals surface area contributed by atoms with E-state index >= 15 is 0 Å². The first kappa shape index (κ1) is 15.5. The number of nitrogens with one attached hydrogen (secondary N) is 1. The summed E-state index contributed by atoms with van der Waals surface area (Å²) in [6, 6.07) is 12.0. The summed E-state index contributed by atoms with van der Waals surface area (Å²) in [7, 11) is 5.15. The number of nitrogens with zero attached hydrogens (tertiary/aromatic N) is 2. The zero-order chi connectivity index (χ0) is 16.1. The van der Waals surface area contributed by atoms with Crippen LogP contribution in [0, 0.1) is 0 Å². The number of carbonyl (C=O) groups excluding carboxylic acids is 2. The van der Waals surface area contributed by atoms with Gasteiger partial charge in [-0.25, -0.2) is 9.78 Å². The molecule has 1 aromatic heterocycles. The van der Waals surface area contributed by atoms with Crippen LogP contribution in [0.3, 0.4) is 0 Å². The average molecular weight is 299 g/mol. The molecule has 114 valence electrons. The summed E-state index contributed by atoms with van der Waals surface area (Å²) in [5, 5.41) is 2.74. The highest BCUT2D eigenvalue weighted by atomic mass is 16.5. The molecular formula is C16H17N3O3. The van der Waals surface area contributed by atoms with Gasteiger partial charge >= 0.3 is 5.97 Å². The Morgan fingerprint density at radius 3 is 2.27 bits per heavy atom. The van der Waals surface area contributed by atoms with Crippen LogP contribution in [0.25, 0.3) is 0 Å². The Kier molecular flexibility index (Phi) is 4.73. The first-order chi connectivity index (χ1) is 10.5. The second-order valence-corrected chi connectivity index (χ2v) is 4.80. The minimum absolute atomic E-state index is 0.0955. The van der Waals surface area contributed by atoms with Crippen LogP contribution in [0.4, 0.5) is 11.4 Å². The largest absolute Gasteiger partial charge is 0.464 e. The highest BCUT2D eigenvalue weighted by molar-refractivity contribution is 6.03. The van der Waals surface area contributed by atoms with Crippen LogP contribution in [0.15, 0.2) is 42.5 Å². The number of benzene rings is 1. The SMILES string of the molecule is COC(=O)c1cccc(C(=O)Nc2ccc(N(C)C)cc2)n1. The summed E-state index contributed by atoms with van der Waals surface area (Å²) in [6.45, 7) is 0. The predicted molar refractivity (Wildman–Crippen MR) is 84.3 cm³/mol. The molecule has 0 radical (unpaired) electrons. The van der Waals surface area contributed by atoms with Gasteiger partial charge in [-0.3, -0.25) is 4.79 Å². The molecule has 0 saturated carbocycles. The van der Waals surface area contributed by atoms with Gasteiger partial charge in [0.25, 0.3) is 5.91 Å². The molecule has 6 heteroatoms. The number of anilines is 2. The topological polar surface area (TPSA) is 71.5 Å². The maximum Gasteiger partial charge on any atom is 0.356 e. The smallest absolute Gasteiger partial charge is 0.356 e. The Morgan fingerprint density at radius 2 is 1.68 bits per heavy atom. The van der Waals surface area contributed by atoms with E-state index in [-0.39, 0.29) is 17.3 Å². The Hall–Kier alpha value is -2.89. The van der Waals surface area contributed by atoms with E-state index in [1.807, 2.05) is 31.1 Å². The minimum Gasteiger partial charge on any atom is -0.464 e. The normalized spacial score (nSPS) is 9.95. The Morgan fingerprint density at radius 1 is 1.05 bits per heavy atom. The van der Waals surface area contributed by atoms with Crippen molar-refractivity contribution in [3.63, 3.8) is 0 Å². The zero-order valence-corrected chi connectivity index (χ0v) is 12.7. The number of pyridine rings is 1. The third-order valence-electron chi connectivity index (χ3n) is 3.02. The third kappa shape index (κ3) is 3.60. The van der Waals surface area contributed by atoms with E-state index in [0.717, 1.165) is 5.69 Å². The van der Waals surface area contributed by atoms with Crippen molar-refractivity contribution in [1.29, 1.82) is 0 Å². The van der Waals surface area contributed by atoms with Gasteiger partial charge in [-0.1, -0.05) is 6.07 Å². The number of hydrogen-bond acceptors (Lipinski definition) is 5. The van der Waals surface area contributed by atoms with Gasteiger partial charge < -0.3 is 15.0 Å². The van der Waals surface area contributed by atoms with Crippen LogP contribution in [-0.4, -0.2) is 38.1 Å². The molecule has 22 heavy (non-hydrogen) atoms. The van der Waals surface area contributed by atoms with Crippen molar-refractivity contribution in [1.82, 2.24) is 4.98 Å². The molecule has 1 amide bonds. The Labute approximate surface area is 128 Å². The lowest BCUT2D eigenvalue weighted by atomic mass is 10.2. The number of methoxy groups -OCH3 is 1. The summed E-state index contributed by atoms with van der Waals surface area (Å²) < 4.78 is 4.59. The van der Waals surface area contributed by atoms with E-state index in [1.165, 1.54) is 19.2 Å². The molecule has 0 aliphatic heterocycles. The lowest BCUT2D eigenvalue weighted by Gasteiger charge is -2.13. The van der Waals surface area contributed by atoms with E-state index in [4.69, 9.17) is 0 Å². The lowest BCUT2D eigenvalue weighted by molar-refractivity contribution is 0.0594. The molecule has 0 aliphatic carbocycles. The van der Waals surface area contributed by atoms with Crippen molar-refractivity contribution in [2.24, 2.45) is 0 Å². The Balaban J connectivity index is 2.13. The quantitative estimate of drug-likeness (QED) is 0.876. The van der Waals surface area contributed by atoms with Crippen molar-refractivity contribution in [3.05, 3.63) is 53.9 Å². The monoisotopic (exact) mass is 299 g/mol. The molecule has 0 aliphatic rings. The predicted octanol–water partition coefficient (Wildman–Crippen LogP) is 2.19. The molecule has 2 rings (SSSR count). The van der Waals surface area contributed by atoms with Gasteiger partial charge in [0, 0.05) is 25.5 Å². The zero-order valence-electron chi connectivity index (χ0n) is 12.7. The highest BCUT2D eigenvalue weighted by Crippen LogP contribution is 2.16. The number of hydrogen-bond donors (Lipinski definition) is 1. The fourth-order valence-corrected chi connectivity index (χ4v) is 1.82. The molecular weight excluding hydrogens is 282 g/mol. The number of aromatic nitrogens is 1. The second kappa shape index (κ2) is 6.71. The average Bonchev–Trinajstić information content (AvgIpc) is 2.54. The van der Waals surface area contributed by atoms with E-state index < -0.39 is 5.97 Å². The number of carbonyl (C=O) groups is 2. The fourth-order valence-electron chi connectivity index (χ4n) is 1.82. The molecule has 6 nitrogen and oxygen atoms in total. The number of esters is 1. The maximum absolute atomic E-state index is 12.2. The van der Waals surface area contributed by atoms with Crippen molar-refractivity contribution >= 4 is 23.3 Å². The Bertz CT molecular complexity index is 681. The van der Waals surface area contributed by atoms with Crippen molar-refractivity contribution < 1.29 is 14.3 Å². The molecule has 2 aromatic rings. The molecule has 0 fully saturated rings. The lowest BCUT2D eigenvalue weighted by Crippen LogP contribution is -2.16. The van der Waals surface area contributed by atoms with E-state index in [1.54, 1.807) is 18.2 Å². The van der Waals surface area contributed by atoms with Crippen LogP contribution in [0.2, 0.25) is 0 Å². The van der Waals surface area contributed by atoms with Crippen LogP contribution in [-0.2, 0) is 4.74 Å². The first-order valence-electron chi connectivity index (χ1n) is 6.65. The fraction of sp³-hybridized carbons (Fsp3) is 0.188. The van der Waals surface area contributed by atoms with E-state index in [9.17, 15) is 9.59 Å². The summed E-state index contributed by atoms with van der Waals surface area (Å²) in [5.41, 5.74) is 1.93. The van der Waals surface area contributed by atoms with Gasteiger partial charge in [0.1, 0.15) is 11.4 Å². The van der Waals surface area contributed by atoms with Crippen LogP contribution in [0.1, 0.15) is 21.0 Å². The van der Waals surface area contributed by atoms with Gasteiger partial charge in [-0.2, -0.15) is 0 Å².